The van der Waals surface area contributed by atoms with Gasteiger partial charge in [-0.3, -0.25) is 0 Å². The number of rotatable bonds is 2. The molecule has 0 aliphatic carbocycles. The summed E-state index contributed by atoms with van der Waals surface area (Å²) in [7, 11) is 1.28. The smallest absolute Gasteiger partial charge is 0.377 e. The van der Waals surface area contributed by atoms with Gasteiger partial charge >= 0.3 is 5.97 Å². The van der Waals surface area contributed by atoms with E-state index in [1.165, 1.54) is 7.11 Å². The summed E-state index contributed by atoms with van der Waals surface area (Å²) < 4.78 is 6.31. The Hall–Kier alpha value is -2.28. The minimum atomic E-state index is -0.605. The van der Waals surface area contributed by atoms with Crippen LogP contribution in [0.2, 0.25) is 15.1 Å². The van der Waals surface area contributed by atoms with Gasteiger partial charge in [0.1, 0.15) is 0 Å². The zero-order chi connectivity index (χ0) is 18.4. The van der Waals surface area contributed by atoms with E-state index < -0.39 is 5.97 Å². The van der Waals surface area contributed by atoms with Crippen molar-refractivity contribution in [2.75, 3.05) is 12.0 Å². The van der Waals surface area contributed by atoms with Crippen LogP contribution in [0.4, 0.5) is 11.4 Å². The van der Waals surface area contributed by atoms with Crippen LogP contribution in [0.3, 0.4) is 0 Å². The molecule has 4 rings (SSSR count). The van der Waals surface area contributed by atoms with Crippen molar-refractivity contribution < 1.29 is 9.53 Å². The van der Waals surface area contributed by atoms with Gasteiger partial charge in [0.2, 0.25) is 0 Å². The largest absolute Gasteiger partial charge is 0.463 e. The average Bonchev–Trinajstić information content (AvgIpc) is 3.05. The first kappa shape index (κ1) is 17.1. The van der Waals surface area contributed by atoms with E-state index in [1.54, 1.807) is 28.9 Å². The highest BCUT2D eigenvalue weighted by Gasteiger charge is 2.29. The van der Waals surface area contributed by atoms with Crippen molar-refractivity contribution >= 4 is 52.1 Å². The maximum atomic E-state index is 11.8. The third-order valence-corrected chi connectivity index (χ3v) is 4.77. The number of nitrogens with zero attached hydrogens (tertiary/aromatic N) is 4. The van der Waals surface area contributed by atoms with Crippen LogP contribution in [0.15, 0.2) is 36.4 Å². The topological polar surface area (TPSA) is 60.2 Å². The molecule has 0 saturated carbocycles. The van der Waals surface area contributed by atoms with Gasteiger partial charge in [0.15, 0.2) is 5.82 Å². The van der Waals surface area contributed by atoms with Crippen molar-refractivity contribution in [2.24, 2.45) is 0 Å². The fraction of sp³-hybridized carbons (Fsp3) is 0.118. The molecule has 0 amide bonds. The van der Waals surface area contributed by atoms with E-state index in [4.69, 9.17) is 39.5 Å². The number of carbonyl (C=O) groups is 1. The van der Waals surface area contributed by atoms with Crippen LogP contribution in [-0.2, 0) is 11.3 Å². The minimum absolute atomic E-state index is 0.0162. The van der Waals surface area contributed by atoms with E-state index in [9.17, 15) is 4.79 Å². The second-order valence-corrected chi connectivity index (χ2v) is 6.85. The summed E-state index contributed by atoms with van der Waals surface area (Å²) in [6.45, 7) is 0.361. The van der Waals surface area contributed by atoms with Crippen molar-refractivity contribution in [1.82, 2.24) is 14.8 Å². The predicted octanol–water partition coefficient (Wildman–Crippen LogP) is 4.67. The molecule has 2 heterocycles. The molecule has 1 aliphatic heterocycles. The van der Waals surface area contributed by atoms with E-state index in [0.29, 0.717) is 33.1 Å². The van der Waals surface area contributed by atoms with E-state index >= 15 is 0 Å². The predicted molar refractivity (Wildman–Crippen MR) is 100 cm³/mol. The highest BCUT2D eigenvalue weighted by atomic mass is 35.5. The molecule has 0 N–H and O–H groups in total. The van der Waals surface area contributed by atoms with Gasteiger partial charge in [-0.2, -0.15) is 0 Å². The Morgan fingerprint density at radius 1 is 1.04 bits per heavy atom. The number of benzene rings is 2. The Morgan fingerprint density at radius 2 is 1.73 bits per heavy atom. The number of aromatic nitrogens is 3. The van der Waals surface area contributed by atoms with Gasteiger partial charge in [-0.15, -0.1) is 5.10 Å². The van der Waals surface area contributed by atoms with Crippen molar-refractivity contribution in [1.29, 1.82) is 0 Å². The fourth-order valence-corrected chi connectivity index (χ4v) is 3.53. The van der Waals surface area contributed by atoms with Gasteiger partial charge in [0.05, 0.1) is 35.7 Å². The lowest BCUT2D eigenvalue weighted by molar-refractivity contribution is 0.0587. The summed E-state index contributed by atoms with van der Waals surface area (Å²) in [5.41, 5.74) is 2.27. The minimum Gasteiger partial charge on any atom is -0.463 e. The molecule has 0 saturated heterocycles. The summed E-state index contributed by atoms with van der Waals surface area (Å²) >= 11 is 18.6. The molecule has 2 aromatic carbocycles. The molecule has 0 fully saturated rings. The highest BCUT2D eigenvalue weighted by molar-refractivity contribution is 6.36. The van der Waals surface area contributed by atoms with Crippen LogP contribution in [0.1, 0.15) is 16.4 Å². The molecule has 3 aromatic rings. The average molecular weight is 410 g/mol. The first-order valence-electron chi connectivity index (χ1n) is 7.54. The Balaban J connectivity index is 1.90. The fourth-order valence-electron chi connectivity index (χ4n) is 2.85. The number of esters is 1. The quantitative estimate of drug-likeness (QED) is 0.576. The maximum absolute atomic E-state index is 11.8. The monoisotopic (exact) mass is 408 g/mol. The molecule has 132 valence electrons. The Morgan fingerprint density at radius 3 is 2.42 bits per heavy atom. The van der Waals surface area contributed by atoms with Crippen molar-refractivity contribution in [3.05, 3.63) is 63.1 Å². The maximum Gasteiger partial charge on any atom is 0.377 e. The Bertz CT molecular complexity index is 1030. The van der Waals surface area contributed by atoms with E-state index in [2.05, 4.69) is 10.1 Å². The molecule has 0 bridgehead atoms. The zero-order valence-electron chi connectivity index (χ0n) is 13.4. The Labute approximate surface area is 163 Å². The van der Waals surface area contributed by atoms with Crippen molar-refractivity contribution in [2.45, 2.75) is 6.54 Å². The lowest BCUT2D eigenvalue weighted by atomic mass is 10.1. The molecule has 0 spiro atoms. The van der Waals surface area contributed by atoms with Crippen molar-refractivity contribution in [3.8, 4) is 5.69 Å². The zero-order valence-corrected chi connectivity index (χ0v) is 15.7. The summed E-state index contributed by atoms with van der Waals surface area (Å²) in [5, 5.41) is 5.84. The van der Waals surface area contributed by atoms with E-state index in [0.717, 1.165) is 11.4 Å². The summed E-state index contributed by atoms with van der Waals surface area (Å²) in [4.78, 5) is 18.1. The summed E-state index contributed by atoms with van der Waals surface area (Å²) in [6.07, 6.45) is 0. The molecule has 26 heavy (non-hydrogen) atoms. The van der Waals surface area contributed by atoms with Gasteiger partial charge in [-0.05, 0) is 36.4 Å². The van der Waals surface area contributed by atoms with Gasteiger partial charge in [0, 0.05) is 10.0 Å². The molecule has 9 heteroatoms. The third kappa shape index (κ3) is 2.80. The number of methoxy groups -OCH3 is 1. The number of ether oxygens (including phenoxy) is 1. The lowest BCUT2D eigenvalue weighted by Gasteiger charge is -2.31. The number of fused-ring (bicyclic) bond motifs is 3. The molecule has 0 atom stereocenters. The Kier molecular flexibility index (Phi) is 4.26. The van der Waals surface area contributed by atoms with Crippen LogP contribution < -0.4 is 4.90 Å². The SMILES string of the molecule is COC(=O)c1nc2n(n1)-c1cc(Cl)ccc1N(c1ccc(Cl)cc1Cl)C2. The van der Waals surface area contributed by atoms with Gasteiger partial charge < -0.3 is 9.64 Å². The van der Waals surface area contributed by atoms with Gasteiger partial charge in [-0.25, -0.2) is 14.5 Å². The summed E-state index contributed by atoms with van der Waals surface area (Å²) in [6, 6.07) is 10.7. The van der Waals surface area contributed by atoms with Gasteiger partial charge in [-0.1, -0.05) is 34.8 Å². The molecule has 1 aromatic heterocycles. The number of anilines is 2. The number of hydrogen-bond donors (Lipinski definition) is 0. The molecular weight excluding hydrogens is 399 g/mol. The van der Waals surface area contributed by atoms with Crippen LogP contribution in [0.5, 0.6) is 0 Å². The van der Waals surface area contributed by atoms with Crippen LogP contribution >= 0.6 is 34.8 Å². The van der Waals surface area contributed by atoms with E-state index in [1.807, 2.05) is 17.0 Å². The second-order valence-electron chi connectivity index (χ2n) is 5.57. The second kappa shape index (κ2) is 6.46. The first-order valence-corrected chi connectivity index (χ1v) is 8.68. The molecular formula is C17H11Cl3N4O2. The van der Waals surface area contributed by atoms with E-state index in [-0.39, 0.29) is 5.82 Å². The number of carbonyl (C=O) groups excluding carboxylic acids is 1. The lowest BCUT2D eigenvalue weighted by Crippen LogP contribution is -2.26. The summed E-state index contributed by atoms with van der Waals surface area (Å²) in [5.74, 6) is -0.0600. The molecule has 0 unspecified atom stereocenters. The normalized spacial score (nSPS) is 12.5. The molecule has 1 aliphatic rings. The molecule has 6 nitrogen and oxygen atoms in total. The standard InChI is InChI=1S/C17H11Cl3N4O2/c1-26-17(25)16-21-15-8-23(12-4-2-9(18)6-11(12)20)13-5-3-10(19)7-14(13)24(15)22-16/h2-7H,8H2,1H3. The third-order valence-electron chi connectivity index (χ3n) is 4.00. The van der Waals surface area contributed by atoms with Crippen molar-refractivity contribution in [3.63, 3.8) is 0 Å². The van der Waals surface area contributed by atoms with Crippen LogP contribution in [-0.4, -0.2) is 27.8 Å². The first-order chi connectivity index (χ1) is 12.5. The highest BCUT2D eigenvalue weighted by Crippen LogP contribution is 2.41. The number of halogens is 3. The number of hydrogen-bond acceptors (Lipinski definition) is 5. The molecule has 0 radical (unpaired) electrons. The van der Waals surface area contributed by atoms with Crippen LogP contribution in [0, 0.1) is 0 Å². The van der Waals surface area contributed by atoms with Gasteiger partial charge in [0.25, 0.3) is 5.82 Å². The van der Waals surface area contributed by atoms with Crippen LogP contribution in [0.25, 0.3) is 5.69 Å².